The van der Waals surface area contributed by atoms with E-state index >= 15 is 0 Å². The molecule has 0 aromatic heterocycles. The summed E-state index contributed by atoms with van der Waals surface area (Å²) in [4.78, 5) is 34.5. The van der Waals surface area contributed by atoms with E-state index in [-0.39, 0.29) is 6.42 Å². The topological polar surface area (TPSA) is 94.9 Å². The molecule has 2 amide bonds. The molecule has 1 heterocycles. The van der Waals surface area contributed by atoms with E-state index in [1.807, 2.05) is 0 Å². The summed E-state index contributed by atoms with van der Waals surface area (Å²) in [5.74, 6) is -2.47. The molecule has 1 rings (SSSR count). The number of likely N-dealkylation sites (tertiary alicyclic amines) is 1. The predicted octanol–water partition coefficient (Wildman–Crippen LogP) is -0.783. The number of imide groups is 1. The number of carboxylic acid groups (broad SMARTS) is 1. The molecular weight excluding hydrogens is 202 g/mol. The Morgan fingerprint density at radius 2 is 2.07 bits per heavy atom. The van der Waals surface area contributed by atoms with Gasteiger partial charge in [-0.1, -0.05) is 13.8 Å². The highest BCUT2D eigenvalue weighted by Crippen LogP contribution is 2.32. The summed E-state index contributed by atoms with van der Waals surface area (Å²) >= 11 is 0. The van der Waals surface area contributed by atoms with E-state index in [4.69, 9.17) is 10.2 Å². The van der Waals surface area contributed by atoms with Gasteiger partial charge in [-0.05, 0) is 0 Å². The summed E-state index contributed by atoms with van der Waals surface area (Å²) < 4.78 is 0. The second kappa shape index (κ2) is 3.62. The Morgan fingerprint density at radius 1 is 1.53 bits per heavy atom. The molecule has 1 unspecified atom stereocenters. The fourth-order valence-electron chi connectivity index (χ4n) is 1.56. The Kier molecular flexibility index (Phi) is 2.81. The standard InChI is InChI=1S/C9H13NO5/c1-9(2)3-6(12)10(8(9)15)5(4-11)7(13)14/h5,11H,3-4H2,1-2H3,(H,13,14). The van der Waals surface area contributed by atoms with Crippen molar-refractivity contribution in [3.8, 4) is 0 Å². The van der Waals surface area contributed by atoms with Crippen molar-refractivity contribution in [1.82, 2.24) is 4.90 Å². The first-order valence-electron chi connectivity index (χ1n) is 4.51. The van der Waals surface area contributed by atoms with Gasteiger partial charge in [-0.25, -0.2) is 4.79 Å². The fraction of sp³-hybridized carbons (Fsp3) is 0.667. The first-order chi connectivity index (χ1) is 6.81. The normalized spacial score (nSPS) is 21.9. The van der Waals surface area contributed by atoms with Gasteiger partial charge in [0.25, 0.3) is 0 Å². The van der Waals surface area contributed by atoms with Gasteiger partial charge < -0.3 is 10.2 Å². The molecule has 0 radical (unpaired) electrons. The van der Waals surface area contributed by atoms with E-state index in [2.05, 4.69) is 0 Å². The molecule has 1 fully saturated rings. The number of aliphatic hydroxyl groups is 1. The molecule has 2 N–H and O–H groups in total. The zero-order chi connectivity index (χ0) is 11.8. The molecule has 1 saturated heterocycles. The van der Waals surface area contributed by atoms with Gasteiger partial charge in [0.1, 0.15) is 0 Å². The van der Waals surface area contributed by atoms with E-state index in [1.165, 1.54) is 0 Å². The molecule has 6 heteroatoms. The van der Waals surface area contributed by atoms with Crippen LogP contribution in [0.2, 0.25) is 0 Å². The lowest BCUT2D eigenvalue weighted by Crippen LogP contribution is -2.48. The van der Waals surface area contributed by atoms with Crippen LogP contribution in [0.25, 0.3) is 0 Å². The van der Waals surface area contributed by atoms with E-state index in [0.29, 0.717) is 4.90 Å². The van der Waals surface area contributed by atoms with Gasteiger partial charge in [0.15, 0.2) is 6.04 Å². The third-order valence-corrected chi connectivity index (χ3v) is 2.43. The molecule has 84 valence electrons. The first-order valence-corrected chi connectivity index (χ1v) is 4.51. The van der Waals surface area contributed by atoms with Crippen LogP contribution in [-0.4, -0.2) is 45.5 Å². The van der Waals surface area contributed by atoms with Crippen LogP contribution in [0.5, 0.6) is 0 Å². The van der Waals surface area contributed by atoms with Crippen molar-refractivity contribution < 1.29 is 24.6 Å². The Labute approximate surface area is 86.5 Å². The minimum Gasteiger partial charge on any atom is -0.480 e. The zero-order valence-corrected chi connectivity index (χ0v) is 8.56. The number of hydrogen-bond acceptors (Lipinski definition) is 4. The van der Waals surface area contributed by atoms with Gasteiger partial charge >= 0.3 is 5.97 Å². The molecule has 0 saturated carbocycles. The number of rotatable bonds is 3. The van der Waals surface area contributed by atoms with Crippen molar-refractivity contribution in [2.75, 3.05) is 6.61 Å². The molecule has 0 bridgehead atoms. The number of carbonyl (C=O) groups excluding carboxylic acids is 2. The minimum absolute atomic E-state index is 0.0182. The Bertz CT molecular complexity index is 322. The Hall–Kier alpha value is -1.43. The summed E-state index contributed by atoms with van der Waals surface area (Å²) in [5, 5.41) is 17.6. The average molecular weight is 215 g/mol. The van der Waals surface area contributed by atoms with Crippen molar-refractivity contribution in [3.63, 3.8) is 0 Å². The molecule has 0 aliphatic carbocycles. The van der Waals surface area contributed by atoms with Gasteiger partial charge in [0, 0.05) is 6.42 Å². The number of amides is 2. The summed E-state index contributed by atoms with van der Waals surface area (Å²) in [5.41, 5.74) is -0.875. The third kappa shape index (κ3) is 1.85. The van der Waals surface area contributed by atoms with Crippen LogP contribution >= 0.6 is 0 Å². The van der Waals surface area contributed by atoms with Crippen LogP contribution in [-0.2, 0) is 14.4 Å². The minimum atomic E-state index is -1.47. The summed E-state index contributed by atoms with van der Waals surface area (Å²) in [6.07, 6.45) is -0.0182. The second-order valence-corrected chi connectivity index (χ2v) is 4.17. The van der Waals surface area contributed by atoms with Crippen LogP contribution in [0.4, 0.5) is 0 Å². The van der Waals surface area contributed by atoms with Crippen LogP contribution in [0.15, 0.2) is 0 Å². The summed E-state index contributed by atoms with van der Waals surface area (Å²) in [7, 11) is 0. The van der Waals surface area contributed by atoms with E-state index < -0.39 is 35.8 Å². The fourth-order valence-corrected chi connectivity index (χ4v) is 1.56. The third-order valence-electron chi connectivity index (χ3n) is 2.43. The van der Waals surface area contributed by atoms with Crippen LogP contribution in [0.1, 0.15) is 20.3 Å². The highest BCUT2D eigenvalue weighted by atomic mass is 16.4. The number of hydrogen-bond donors (Lipinski definition) is 2. The number of carboxylic acids is 1. The highest BCUT2D eigenvalue weighted by molar-refractivity contribution is 6.07. The molecule has 0 aromatic rings. The van der Waals surface area contributed by atoms with Crippen LogP contribution < -0.4 is 0 Å². The predicted molar refractivity (Wildman–Crippen MR) is 48.8 cm³/mol. The maximum atomic E-state index is 11.7. The van der Waals surface area contributed by atoms with E-state index in [0.717, 1.165) is 0 Å². The first kappa shape index (κ1) is 11.6. The Balaban J connectivity index is 3.01. The summed E-state index contributed by atoms with van der Waals surface area (Å²) in [6.45, 7) is 2.38. The smallest absolute Gasteiger partial charge is 0.329 e. The maximum absolute atomic E-state index is 11.7. The molecule has 1 aliphatic heterocycles. The molecule has 0 spiro atoms. The molecule has 6 nitrogen and oxygen atoms in total. The highest BCUT2D eigenvalue weighted by Gasteiger charge is 2.49. The zero-order valence-electron chi connectivity index (χ0n) is 8.56. The van der Waals surface area contributed by atoms with Crippen molar-refractivity contribution in [1.29, 1.82) is 0 Å². The van der Waals surface area contributed by atoms with Gasteiger partial charge in [0.05, 0.1) is 12.0 Å². The monoisotopic (exact) mass is 215 g/mol. The van der Waals surface area contributed by atoms with E-state index in [1.54, 1.807) is 13.8 Å². The molecule has 15 heavy (non-hydrogen) atoms. The van der Waals surface area contributed by atoms with Crippen molar-refractivity contribution in [2.24, 2.45) is 5.41 Å². The number of carbonyl (C=O) groups is 3. The summed E-state index contributed by atoms with van der Waals surface area (Å²) in [6, 6.07) is -1.47. The number of nitrogens with zero attached hydrogens (tertiary/aromatic N) is 1. The number of aliphatic hydroxyl groups excluding tert-OH is 1. The SMILES string of the molecule is CC1(C)CC(=O)N(C(CO)C(=O)O)C1=O. The van der Waals surface area contributed by atoms with Crippen LogP contribution in [0, 0.1) is 5.41 Å². The van der Waals surface area contributed by atoms with Gasteiger partial charge in [-0.15, -0.1) is 0 Å². The van der Waals surface area contributed by atoms with Crippen LogP contribution in [0.3, 0.4) is 0 Å². The molecule has 1 aliphatic rings. The molecule has 1 atom stereocenters. The quantitative estimate of drug-likeness (QED) is 0.602. The van der Waals surface area contributed by atoms with Gasteiger partial charge in [-0.2, -0.15) is 0 Å². The van der Waals surface area contributed by atoms with Crippen molar-refractivity contribution in [3.05, 3.63) is 0 Å². The van der Waals surface area contributed by atoms with Gasteiger partial charge in [-0.3, -0.25) is 14.5 Å². The molecule has 0 aromatic carbocycles. The lowest BCUT2D eigenvalue weighted by atomic mass is 9.92. The lowest BCUT2D eigenvalue weighted by Gasteiger charge is -2.22. The van der Waals surface area contributed by atoms with Gasteiger partial charge in [0.2, 0.25) is 11.8 Å². The molecular formula is C9H13NO5. The van der Waals surface area contributed by atoms with Crippen molar-refractivity contribution in [2.45, 2.75) is 26.3 Å². The van der Waals surface area contributed by atoms with E-state index in [9.17, 15) is 14.4 Å². The number of aliphatic carboxylic acids is 1. The Morgan fingerprint density at radius 3 is 2.33 bits per heavy atom. The average Bonchev–Trinajstić information content (AvgIpc) is 2.28. The maximum Gasteiger partial charge on any atom is 0.329 e. The second-order valence-electron chi connectivity index (χ2n) is 4.17. The lowest BCUT2D eigenvalue weighted by molar-refractivity contribution is -0.157. The van der Waals surface area contributed by atoms with Crippen molar-refractivity contribution >= 4 is 17.8 Å². The largest absolute Gasteiger partial charge is 0.480 e.